The van der Waals surface area contributed by atoms with Crippen LogP contribution in [0.2, 0.25) is 0 Å². The monoisotopic (exact) mass is 288 g/mol. The van der Waals surface area contributed by atoms with Gasteiger partial charge in [-0.15, -0.1) is 0 Å². The molecule has 0 spiro atoms. The molecule has 0 saturated heterocycles. The summed E-state index contributed by atoms with van der Waals surface area (Å²) in [4.78, 5) is 25.4. The third kappa shape index (κ3) is 1.71. The van der Waals surface area contributed by atoms with Crippen molar-refractivity contribution in [3.05, 3.63) is 0 Å². The van der Waals surface area contributed by atoms with Gasteiger partial charge < -0.3 is 0 Å². The van der Waals surface area contributed by atoms with Gasteiger partial charge in [-0.05, 0) is 55.3 Å². The summed E-state index contributed by atoms with van der Waals surface area (Å²) in [5.41, 5.74) is 0.0249. The maximum absolute atomic E-state index is 12.9. The van der Waals surface area contributed by atoms with Gasteiger partial charge in [-0.25, -0.2) is 0 Å². The zero-order valence-electron chi connectivity index (χ0n) is 13.5. The van der Waals surface area contributed by atoms with Crippen molar-refractivity contribution in [3.63, 3.8) is 0 Å². The molecule has 0 amide bonds. The van der Waals surface area contributed by atoms with E-state index in [2.05, 4.69) is 13.8 Å². The molecule has 0 aromatic rings. The van der Waals surface area contributed by atoms with E-state index in [9.17, 15) is 9.59 Å². The molecule has 2 heteroatoms. The van der Waals surface area contributed by atoms with Crippen molar-refractivity contribution in [3.8, 4) is 0 Å². The van der Waals surface area contributed by atoms with E-state index in [1.165, 1.54) is 38.5 Å². The lowest BCUT2D eigenvalue weighted by Gasteiger charge is -2.58. The lowest BCUT2D eigenvalue weighted by molar-refractivity contribution is -0.157. The molecule has 5 unspecified atom stereocenters. The second-order valence-corrected chi connectivity index (χ2v) is 8.78. The topological polar surface area (TPSA) is 34.1 Å². The Morgan fingerprint density at radius 2 is 1.81 bits per heavy atom. The van der Waals surface area contributed by atoms with E-state index < -0.39 is 0 Å². The molecule has 0 aromatic carbocycles. The van der Waals surface area contributed by atoms with Crippen molar-refractivity contribution in [1.29, 1.82) is 0 Å². The average molecular weight is 288 g/mol. The van der Waals surface area contributed by atoms with Crippen LogP contribution < -0.4 is 0 Å². The van der Waals surface area contributed by atoms with Crippen LogP contribution in [-0.2, 0) is 9.59 Å². The number of carbonyl (C=O) groups excluding carboxylic acids is 2. The first-order chi connectivity index (χ1) is 9.97. The molecule has 4 aliphatic rings. The highest BCUT2D eigenvalue weighted by Gasteiger charge is 2.62. The van der Waals surface area contributed by atoms with Crippen LogP contribution in [0.4, 0.5) is 0 Å². The second-order valence-electron chi connectivity index (χ2n) is 8.78. The van der Waals surface area contributed by atoms with Crippen LogP contribution in [-0.4, -0.2) is 11.6 Å². The molecule has 0 heterocycles. The zero-order valence-corrected chi connectivity index (χ0v) is 13.5. The molecule has 0 aromatic heterocycles. The van der Waals surface area contributed by atoms with Gasteiger partial charge in [0, 0.05) is 24.2 Å². The number of ketones is 2. The highest BCUT2D eigenvalue weighted by Crippen LogP contribution is 2.64. The second kappa shape index (κ2) is 4.43. The van der Waals surface area contributed by atoms with E-state index in [1.807, 2.05) is 0 Å². The molecule has 4 rings (SSSR count). The van der Waals surface area contributed by atoms with Crippen molar-refractivity contribution < 1.29 is 9.59 Å². The summed E-state index contributed by atoms with van der Waals surface area (Å²) in [6.07, 6.45) is 10.0. The van der Waals surface area contributed by atoms with Crippen LogP contribution in [0.25, 0.3) is 0 Å². The number of Topliss-reactive ketones (excluding diaryl/α,β-unsaturated/α-hetero) is 2. The number of carbonyl (C=O) groups is 2. The van der Waals surface area contributed by atoms with Gasteiger partial charge in [-0.1, -0.05) is 26.7 Å². The van der Waals surface area contributed by atoms with Gasteiger partial charge in [-0.2, -0.15) is 0 Å². The molecule has 4 aliphatic carbocycles. The summed E-state index contributed by atoms with van der Waals surface area (Å²) < 4.78 is 0. The third-order valence-electron chi connectivity index (χ3n) is 8.06. The van der Waals surface area contributed by atoms with E-state index in [0.29, 0.717) is 35.2 Å². The van der Waals surface area contributed by atoms with Gasteiger partial charge in [0.1, 0.15) is 11.6 Å². The van der Waals surface area contributed by atoms with Gasteiger partial charge in [-0.3, -0.25) is 9.59 Å². The Labute approximate surface area is 128 Å². The predicted molar refractivity (Wildman–Crippen MR) is 81.7 cm³/mol. The maximum atomic E-state index is 12.9. The molecule has 0 aliphatic heterocycles. The average Bonchev–Trinajstić information content (AvgIpc) is 2.77. The molecule has 0 bridgehead atoms. The van der Waals surface area contributed by atoms with Crippen molar-refractivity contribution in [2.24, 2.45) is 34.5 Å². The first-order valence-electron chi connectivity index (χ1n) is 9.03. The van der Waals surface area contributed by atoms with Gasteiger partial charge in [0.25, 0.3) is 0 Å². The third-order valence-corrected chi connectivity index (χ3v) is 8.06. The van der Waals surface area contributed by atoms with Crippen LogP contribution in [0.15, 0.2) is 0 Å². The minimum atomic E-state index is -0.309. The predicted octanol–water partition coefficient (Wildman–Crippen LogP) is 4.17. The van der Waals surface area contributed by atoms with E-state index >= 15 is 0 Å². The quantitative estimate of drug-likeness (QED) is 0.670. The molecular weight excluding hydrogens is 260 g/mol. The first kappa shape index (κ1) is 14.0. The van der Waals surface area contributed by atoms with Crippen LogP contribution in [0.5, 0.6) is 0 Å². The number of rotatable bonds is 0. The minimum absolute atomic E-state index is 0.0588. The summed E-state index contributed by atoms with van der Waals surface area (Å²) in [6, 6.07) is 0. The Balaban J connectivity index is 1.74. The van der Waals surface area contributed by atoms with E-state index in [4.69, 9.17) is 0 Å². The van der Waals surface area contributed by atoms with Crippen LogP contribution in [0.1, 0.15) is 71.6 Å². The fourth-order valence-corrected chi connectivity index (χ4v) is 6.77. The van der Waals surface area contributed by atoms with Gasteiger partial charge >= 0.3 is 0 Å². The van der Waals surface area contributed by atoms with Gasteiger partial charge in [0.15, 0.2) is 0 Å². The van der Waals surface area contributed by atoms with Crippen LogP contribution in [0.3, 0.4) is 0 Å². The van der Waals surface area contributed by atoms with E-state index in [1.54, 1.807) is 0 Å². The van der Waals surface area contributed by atoms with E-state index in [-0.39, 0.29) is 11.3 Å². The molecule has 116 valence electrons. The highest BCUT2D eigenvalue weighted by atomic mass is 16.1. The fraction of sp³-hybridized carbons (Fsp3) is 0.895. The number of fused-ring (bicyclic) bond motifs is 5. The standard InChI is InChI=1S/C19H28O2/c1-18-9-4-3-5-12(18)6-7-13-14(18)11-16(21)19(2)10-8-15(20)17(13)19/h12-14,17H,3-11H2,1-2H3/t12-,13?,14?,17?,18?,19?/m1/s1. The van der Waals surface area contributed by atoms with Crippen LogP contribution >= 0.6 is 0 Å². The zero-order chi connectivity index (χ0) is 14.8. The highest BCUT2D eigenvalue weighted by molar-refractivity contribution is 5.97. The minimum Gasteiger partial charge on any atom is -0.299 e. The first-order valence-corrected chi connectivity index (χ1v) is 9.03. The molecule has 4 saturated carbocycles. The smallest absolute Gasteiger partial charge is 0.139 e. The van der Waals surface area contributed by atoms with Crippen molar-refractivity contribution in [1.82, 2.24) is 0 Å². The van der Waals surface area contributed by atoms with Gasteiger partial charge in [0.05, 0.1) is 0 Å². The molecular formula is C19H28O2. The summed E-state index contributed by atoms with van der Waals surface area (Å²) >= 11 is 0. The summed E-state index contributed by atoms with van der Waals surface area (Å²) in [5, 5.41) is 0. The Hall–Kier alpha value is -0.660. The molecule has 2 nitrogen and oxygen atoms in total. The van der Waals surface area contributed by atoms with Gasteiger partial charge in [0.2, 0.25) is 0 Å². The fourth-order valence-electron chi connectivity index (χ4n) is 6.77. The lowest BCUT2D eigenvalue weighted by Crippen LogP contribution is -2.56. The Morgan fingerprint density at radius 1 is 1.00 bits per heavy atom. The molecule has 0 radical (unpaired) electrons. The summed E-state index contributed by atoms with van der Waals surface area (Å²) in [6.45, 7) is 4.54. The molecule has 21 heavy (non-hydrogen) atoms. The number of hydrogen-bond acceptors (Lipinski definition) is 2. The normalized spacial score (nSPS) is 53.0. The number of hydrogen-bond donors (Lipinski definition) is 0. The van der Waals surface area contributed by atoms with Crippen molar-refractivity contribution in [2.75, 3.05) is 0 Å². The SMILES string of the molecule is CC12CCC(=O)C1C1CC[C@H]3CCCCC3(C)C1CC2=O. The molecule has 0 N–H and O–H groups in total. The molecule has 6 atom stereocenters. The summed E-state index contributed by atoms with van der Waals surface area (Å²) in [5.74, 6) is 2.67. The van der Waals surface area contributed by atoms with E-state index in [0.717, 1.165) is 18.8 Å². The maximum Gasteiger partial charge on any atom is 0.139 e. The Kier molecular flexibility index (Phi) is 2.94. The Bertz CT molecular complexity index is 496. The van der Waals surface area contributed by atoms with Crippen molar-refractivity contribution >= 4 is 11.6 Å². The van der Waals surface area contributed by atoms with Crippen LogP contribution in [0, 0.1) is 34.5 Å². The Morgan fingerprint density at radius 3 is 2.62 bits per heavy atom. The lowest BCUT2D eigenvalue weighted by atomic mass is 9.45. The molecule has 4 fully saturated rings. The largest absolute Gasteiger partial charge is 0.299 e. The summed E-state index contributed by atoms with van der Waals surface area (Å²) in [7, 11) is 0. The van der Waals surface area contributed by atoms with Crippen molar-refractivity contribution in [2.45, 2.75) is 71.6 Å².